The van der Waals surface area contributed by atoms with Crippen LogP contribution < -0.4 is 20.7 Å². The molecule has 8 heteroatoms. The lowest BCUT2D eigenvalue weighted by atomic mass is 10.1. The number of aliphatic hydroxyl groups excluding tert-OH is 1. The quantitative estimate of drug-likeness (QED) is 0.542. The van der Waals surface area contributed by atoms with E-state index in [1.165, 1.54) is 0 Å². The summed E-state index contributed by atoms with van der Waals surface area (Å²) in [6.45, 7) is 2.42. The van der Waals surface area contributed by atoms with Crippen LogP contribution in [0.5, 0.6) is 5.75 Å². The molecule has 2 amide bonds. The van der Waals surface area contributed by atoms with Gasteiger partial charge in [0.15, 0.2) is 5.11 Å². The number of ether oxygens (including phenoxy) is 1. The minimum atomic E-state index is -0.377. The number of rotatable bonds is 7. The molecule has 0 saturated carbocycles. The smallest absolute Gasteiger partial charge is 0.257 e. The molecule has 4 N–H and O–H groups in total. The SMILES string of the molecule is CCOc1ccc(C(=O)NC(=S)Nc2ccccc2C(=O)NCCO)cc1. The van der Waals surface area contributed by atoms with Crippen molar-refractivity contribution >= 4 is 34.8 Å². The minimum absolute atomic E-state index is 0.0660. The van der Waals surface area contributed by atoms with Crippen molar-refractivity contribution in [3.8, 4) is 5.75 Å². The molecule has 27 heavy (non-hydrogen) atoms. The van der Waals surface area contributed by atoms with E-state index >= 15 is 0 Å². The van der Waals surface area contributed by atoms with Gasteiger partial charge in [0.2, 0.25) is 0 Å². The van der Waals surface area contributed by atoms with Crippen LogP contribution in [0.25, 0.3) is 0 Å². The molecule has 2 rings (SSSR count). The Morgan fingerprint density at radius 1 is 1.07 bits per heavy atom. The molecule has 142 valence electrons. The van der Waals surface area contributed by atoms with Gasteiger partial charge in [-0.3, -0.25) is 14.9 Å². The summed E-state index contributed by atoms with van der Waals surface area (Å²) in [6.07, 6.45) is 0. The molecule has 0 aliphatic carbocycles. The lowest BCUT2D eigenvalue weighted by Crippen LogP contribution is -2.35. The second kappa shape index (κ2) is 10.2. The van der Waals surface area contributed by atoms with E-state index in [4.69, 9.17) is 22.1 Å². The fourth-order valence-corrected chi connectivity index (χ4v) is 2.46. The van der Waals surface area contributed by atoms with Gasteiger partial charge in [0.25, 0.3) is 11.8 Å². The highest BCUT2D eigenvalue weighted by molar-refractivity contribution is 7.80. The molecule has 0 aliphatic rings. The summed E-state index contributed by atoms with van der Waals surface area (Å²) < 4.78 is 5.34. The minimum Gasteiger partial charge on any atom is -0.494 e. The number of amides is 2. The van der Waals surface area contributed by atoms with Crippen LogP contribution in [0, 0.1) is 0 Å². The van der Waals surface area contributed by atoms with Gasteiger partial charge in [0, 0.05) is 12.1 Å². The number of hydrogen-bond acceptors (Lipinski definition) is 5. The van der Waals surface area contributed by atoms with E-state index in [2.05, 4.69) is 16.0 Å². The number of carbonyl (C=O) groups is 2. The average molecular weight is 387 g/mol. The van der Waals surface area contributed by atoms with E-state index in [-0.39, 0.29) is 30.1 Å². The van der Waals surface area contributed by atoms with Crippen molar-refractivity contribution in [2.75, 3.05) is 25.1 Å². The van der Waals surface area contributed by atoms with E-state index in [9.17, 15) is 9.59 Å². The standard InChI is InChI=1S/C19H21N3O4S/c1-2-26-14-9-7-13(8-10-14)17(24)22-19(27)21-16-6-4-3-5-15(16)18(25)20-11-12-23/h3-10,23H,2,11-12H2,1H3,(H,20,25)(H2,21,22,24,27). The van der Waals surface area contributed by atoms with Gasteiger partial charge in [-0.1, -0.05) is 12.1 Å². The van der Waals surface area contributed by atoms with Gasteiger partial charge < -0.3 is 20.5 Å². The largest absolute Gasteiger partial charge is 0.494 e. The van der Waals surface area contributed by atoms with Crippen molar-refractivity contribution in [2.45, 2.75) is 6.92 Å². The third-order valence-electron chi connectivity index (χ3n) is 3.47. The Kier molecular flexibility index (Phi) is 7.72. The zero-order chi connectivity index (χ0) is 19.6. The van der Waals surface area contributed by atoms with E-state index < -0.39 is 0 Å². The Bertz CT molecular complexity index is 809. The first-order valence-electron chi connectivity index (χ1n) is 8.38. The van der Waals surface area contributed by atoms with E-state index in [1.807, 2.05) is 6.92 Å². The number of thiocarbonyl (C=S) groups is 1. The van der Waals surface area contributed by atoms with E-state index in [0.29, 0.717) is 29.2 Å². The lowest BCUT2D eigenvalue weighted by Gasteiger charge is -2.13. The van der Waals surface area contributed by atoms with Gasteiger partial charge in [-0.15, -0.1) is 0 Å². The first kappa shape index (κ1) is 20.3. The summed E-state index contributed by atoms with van der Waals surface area (Å²) in [5.41, 5.74) is 1.23. The first-order chi connectivity index (χ1) is 13.0. The summed E-state index contributed by atoms with van der Waals surface area (Å²) in [5.74, 6) is -0.0527. The Morgan fingerprint density at radius 3 is 2.44 bits per heavy atom. The lowest BCUT2D eigenvalue weighted by molar-refractivity contribution is 0.0944. The topological polar surface area (TPSA) is 99.7 Å². The predicted octanol–water partition coefficient (Wildman–Crippen LogP) is 1.93. The molecule has 0 fully saturated rings. The normalized spacial score (nSPS) is 10.0. The van der Waals surface area contributed by atoms with E-state index in [1.54, 1.807) is 48.5 Å². The van der Waals surface area contributed by atoms with Gasteiger partial charge in [0.1, 0.15) is 5.75 Å². The molecule has 0 radical (unpaired) electrons. The highest BCUT2D eigenvalue weighted by Crippen LogP contribution is 2.15. The Labute approximate surface area is 162 Å². The number of para-hydroxylation sites is 1. The molecule has 0 unspecified atom stereocenters. The van der Waals surface area contributed by atoms with Crippen molar-refractivity contribution in [2.24, 2.45) is 0 Å². The van der Waals surface area contributed by atoms with Gasteiger partial charge in [-0.2, -0.15) is 0 Å². The Morgan fingerprint density at radius 2 is 1.78 bits per heavy atom. The molecule has 2 aromatic rings. The molecule has 0 bridgehead atoms. The van der Waals surface area contributed by atoms with Gasteiger partial charge in [-0.25, -0.2) is 0 Å². The molecular weight excluding hydrogens is 366 g/mol. The molecular formula is C19H21N3O4S. The fourth-order valence-electron chi connectivity index (χ4n) is 2.25. The number of anilines is 1. The van der Waals surface area contributed by atoms with Crippen LogP contribution in [0.3, 0.4) is 0 Å². The average Bonchev–Trinajstić information content (AvgIpc) is 2.67. The van der Waals surface area contributed by atoms with Crippen LogP contribution in [0.1, 0.15) is 27.6 Å². The maximum Gasteiger partial charge on any atom is 0.257 e. The highest BCUT2D eigenvalue weighted by Gasteiger charge is 2.13. The van der Waals surface area contributed by atoms with Crippen molar-refractivity contribution < 1.29 is 19.4 Å². The third-order valence-corrected chi connectivity index (χ3v) is 3.68. The Hall–Kier alpha value is -2.97. The van der Waals surface area contributed by atoms with Crippen molar-refractivity contribution in [3.63, 3.8) is 0 Å². The molecule has 0 spiro atoms. The number of aliphatic hydroxyl groups is 1. The van der Waals surface area contributed by atoms with Crippen molar-refractivity contribution in [1.82, 2.24) is 10.6 Å². The zero-order valence-electron chi connectivity index (χ0n) is 14.8. The van der Waals surface area contributed by atoms with Crippen molar-refractivity contribution in [1.29, 1.82) is 0 Å². The van der Waals surface area contributed by atoms with Gasteiger partial charge in [-0.05, 0) is 55.5 Å². The van der Waals surface area contributed by atoms with E-state index in [0.717, 1.165) is 0 Å². The maximum absolute atomic E-state index is 12.3. The van der Waals surface area contributed by atoms with Crippen molar-refractivity contribution in [3.05, 3.63) is 59.7 Å². The Balaban J connectivity index is 2.01. The van der Waals surface area contributed by atoms with Crippen LogP contribution in [0.4, 0.5) is 5.69 Å². The summed E-state index contributed by atoms with van der Waals surface area (Å²) in [4.78, 5) is 24.4. The molecule has 0 atom stereocenters. The zero-order valence-corrected chi connectivity index (χ0v) is 15.6. The summed E-state index contributed by atoms with van der Waals surface area (Å²) in [7, 11) is 0. The summed E-state index contributed by atoms with van der Waals surface area (Å²) in [6, 6.07) is 13.4. The monoisotopic (exact) mass is 387 g/mol. The second-order valence-electron chi connectivity index (χ2n) is 5.39. The van der Waals surface area contributed by atoms with Crippen LogP contribution in [0.15, 0.2) is 48.5 Å². The van der Waals surface area contributed by atoms with Gasteiger partial charge in [0.05, 0.1) is 24.5 Å². The predicted molar refractivity (Wildman–Crippen MR) is 107 cm³/mol. The number of nitrogens with one attached hydrogen (secondary N) is 3. The molecule has 0 heterocycles. The van der Waals surface area contributed by atoms with Crippen LogP contribution in [-0.4, -0.2) is 41.8 Å². The second-order valence-corrected chi connectivity index (χ2v) is 5.80. The van der Waals surface area contributed by atoms with Gasteiger partial charge >= 0.3 is 0 Å². The summed E-state index contributed by atoms with van der Waals surface area (Å²) in [5, 5.41) is 16.9. The maximum atomic E-state index is 12.3. The number of hydrogen-bond donors (Lipinski definition) is 4. The fraction of sp³-hybridized carbons (Fsp3) is 0.211. The molecule has 7 nitrogen and oxygen atoms in total. The highest BCUT2D eigenvalue weighted by atomic mass is 32.1. The molecule has 0 saturated heterocycles. The summed E-state index contributed by atoms with van der Waals surface area (Å²) >= 11 is 5.17. The van der Waals surface area contributed by atoms with Crippen LogP contribution >= 0.6 is 12.2 Å². The number of benzene rings is 2. The van der Waals surface area contributed by atoms with Crippen LogP contribution in [-0.2, 0) is 0 Å². The first-order valence-corrected chi connectivity index (χ1v) is 8.79. The molecule has 2 aromatic carbocycles. The van der Waals surface area contributed by atoms with Crippen LogP contribution in [0.2, 0.25) is 0 Å². The number of carbonyl (C=O) groups excluding carboxylic acids is 2. The molecule has 0 aliphatic heterocycles. The third kappa shape index (κ3) is 6.05. The molecule has 0 aromatic heterocycles.